The SMILES string of the molecule is C=C/C=C(\C=C)N1c2ccccc2C(C)(C)c2cc(N(c3ccccc3)c3ccc(-c4ccc(N(c5ccccc5)c5ccc6c(c5)C(C)(C)c5ccccc5N6C5=CCCC=C5)cc4)cc3)ccc21. The maximum atomic E-state index is 4.19. The molecule has 0 amide bonds. The Morgan fingerprint density at radius 3 is 1.40 bits per heavy atom. The Bertz CT molecular complexity index is 3360. The summed E-state index contributed by atoms with van der Waals surface area (Å²) in [6, 6.07) is 70.9. The summed E-state index contributed by atoms with van der Waals surface area (Å²) in [4.78, 5) is 9.52. The largest absolute Gasteiger partial charge is 0.310 e. The average molecular weight is 907 g/mol. The summed E-state index contributed by atoms with van der Waals surface area (Å²) in [7, 11) is 0. The van der Waals surface area contributed by atoms with Gasteiger partial charge in [-0.2, -0.15) is 0 Å². The van der Waals surface area contributed by atoms with E-state index in [4.69, 9.17) is 0 Å². The Balaban J connectivity index is 0.942. The molecule has 4 nitrogen and oxygen atoms in total. The number of rotatable bonds is 11. The lowest BCUT2D eigenvalue weighted by molar-refractivity contribution is 0.630. The zero-order valence-corrected chi connectivity index (χ0v) is 40.6. The van der Waals surface area contributed by atoms with Gasteiger partial charge in [0.15, 0.2) is 0 Å². The molecule has 1 aliphatic carbocycles. The molecule has 0 N–H and O–H groups in total. The minimum absolute atomic E-state index is 0.214. The van der Waals surface area contributed by atoms with Gasteiger partial charge in [-0.15, -0.1) is 0 Å². The van der Waals surface area contributed by atoms with Crippen molar-refractivity contribution in [3.63, 3.8) is 0 Å². The van der Waals surface area contributed by atoms with Crippen LogP contribution in [0.4, 0.5) is 56.9 Å². The molecule has 2 aliphatic heterocycles. The molecule has 0 atom stereocenters. The van der Waals surface area contributed by atoms with Crippen LogP contribution >= 0.6 is 0 Å². The molecule has 3 aliphatic rings. The first-order valence-electron chi connectivity index (χ1n) is 24.5. The summed E-state index contributed by atoms with van der Waals surface area (Å²) in [6.07, 6.45) is 14.9. The van der Waals surface area contributed by atoms with E-state index < -0.39 is 0 Å². The molecule has 0 unspecified atom stereocenters. The van der Waals surface area contributed by atoms with Crippen LogP contribution in [0.5, 0.6) is 0 Å². The van der Waals surface area contributed by atoms with Crippen LogP contribution in [0.25, 0.3) is 11.1 Å². The molecule has 70 heavy (non-hydrogen) atoms. The third kappa shape index (κ3) is 7.57. The van der Waals surface area contributed by atoms with Crippen LogP contribution in [0.15, 0.2) is 255 Å². The molecular weight excluding hydrogens is 849 g/mol. The van der Waals surface area contributed by atoms with Gasteiger partial charge < -0.3 is 19.6 Å². The van der Waals surface area contributed by atoms with E-state index in [1.54, 1.807) is 0 Å². The van der Waals surface area contributed by atoms with Crippen molar-refractivity contribution in [2.24, 2.45) is 0 Å². The number of anilines is 10. The van der Waals surface area contributed by atoms with E-state index in [-0.39, 0.29) is 10.8 Å². The van der Waals surface area contributed by atoms with Crippen LogP contribution in [-0.4, -0.2) is 0 Å². The molecule has 8 aromatic carbocycles. The van der Waals surface area contributed by atoms with E-state index in [2.05, 4.69) is 273 Å². The summed E-state index contributed by atoms with van der Waals surface area (Å²) in [5, 5.41) is 0. The van der Waals surface area contributed by atoms with Gasteiger partial charge in [0.1, 0.15) is 0 Å². The monoisotopic (exact) mass is 906 g/mol. The number of hydrogen-bond donors (Lipinski definition) is 0. The minimum atomic E-state index is -0.262. The van der Waals surface area contributed by atoms with Gasteiger partial charge in [-0.3, -0.25) is 0 Å². The summed E-state index contributed by atoms with van der Waals surface area (Å²) >= 11 is 0. The molecule has 4 heteroatoms. The third-order valence-corrected chi connectivity index (χ3v) is 14.5. The van der Waals surface area contributed by atoms with Gasteiger partial charge in [0.2, 0.25) is 0 Å². The van der Waals surface area contributed by atoms with Gasteiger partial charge in [0.25, 0.3) is 0 Å². The van der Waals surface area contributed by atoms with Gasteiger partial charge in [-0.25, -0.2) is 0 Å². The average Bonchev–Trinajstić information content (AvgIpc) is 3.40. The fourth-order valence-corrected chi connectivity index (χ4v) is 11.0. The zero-order valence-electron chi connectivity index (χ0n) is 40.6. The summed E-state index contributed by atoms with van der Waals surface area (Å²) in [5.74, 6) is 0. The Labute approximate surface area is 414 Å². The second-order valence-electron chi connectivity index (χ2n) is 19.4. The Morgan fingerprint density at radius 1 is 0.457 bits per heavy atom. The molecule has 0 radical (unpaired) electrons. The van der Waals surface area contributed by atoms with Crippen molar-refractivity contribution in [1.82, 2.24) is 0 Å². The lowest BCUT2D eigenvalue weighted by Gasteiger charge is -2.43. The van der Waals surface area contributed by atoms with Crippen molar-refractivity contribution >= 4 is 56.9 Å². The highest BCUT2D eigenvalue weighted by atomic mass is 15.2. The van der Waals surface area contributed by atoms with E-state index in [0.717, 1.165) is 75.2 Å². The van der Waals surface area contributed by atoms with Crippen molar-refractivity contribution < 1.29 is 0 Å². The van der Waals surface area contributed by atoms with Gasteiger partial charge in [-0.1, -0.05) is 156 Å². The number of fused-ring (bicyclic) bond motifs is 4. The zero-order chi connectivity index (χ0) is 48.0. The molecule has 8 aromatic rings. The standard InChI is InChI=1S/C66H58N4/c1-7-22-49(8-2)69-61-31-20-18-29-57(61)65(3,4)59-45-55(41-43-63(59)69)67(50-23-12-9-13-24-50)53-37-33-47(34-38-53)48-35-39-54(40-36-48)68(51-25-14-10-15-26-51)56-42-44-64-60(46-56)66(5,6)58-30-19-21-32-62(58)70(64)52-27-16-11-17-28-52/h7-10,12-16,18-46H,1-2,11,17H2,3-6H3/b49-22+. The van der Waals surface area contributed by atoms with E-state index in [1.807, 2.05) is 18.2 Å². The smallest absolute Gasteiger partial charge is 0.0504 e. The first-order chi connectivity index (χ1) is 34.2. The first-order valence-corrected chi connectivity index (χ1v) is 24.5. The van der Waals surface area contributed by atoms with E-state index >= 15 is 0 Å². The van der Waals surface area contributed by atoms with Crippen LogP contribution in [0.2, 0.25) is 0 Å². The molecule has 11 rings (SSSR count). The number of para-hydroxylation sites is 4. The van der Waals surface area contributed by atoms with Gasteiger partial charge in [0.05, 0.1) is 22.7 Å². The lowest BCUT2D eigenvalue weighted by atomic mass is 9.73. The number of allylic oxidation sites excluding steroid dienone is 6. The van der Waals surface area contributed by atoms with Crippen molar-refractivity contribution in [2.75, 3.05) is 19.6 Å². The van der Waals surface area contributed by atoms with E-state index in [1.165, 1.54) is 39.3 Å². The van der Waals surface area contributed by atoms with Crippen LogP contribution in [-0.2, 0) is 10.8 Å². The number of hydrogen-bond acceptors (Lipinski definition) is 4. The second-order valence-corrected chi connectivity index (χ2v) is 19.4. The Morgan fingerprint density at radius 2 is 0.886 bits per heavy atom. The van der Waals surface area contributed by atoms with Crippen molar-refractivity contribution in [3.05, 3.63) is 277 Å². The van der Waals surface area contributed by atoms with Gasteiger partial charge >= 0.3 is 0 Å². The highest BCUT2D eigenvalue weighted by Crippen LogP contribution is 2.54. The summed E-state index contributed by atoms with van der Waals surface area (Å²) in [6.45, 7) is 17.6. The maximum Gasteiger partial charge on any atom is 0.0504 e. The Hall–Kier alpha value is -8.34. The van der Waals surface area contributed by atoms with Crippen LogP contribution in [0.1, 0.15) is 62.8 Å². The molecule has 0 fully saturated rings. The predicted octanol–water partition coefficient (Wildman–Crippen LogP) is 18.3. The molecule has 0 aromatic heterocycles. The predicted molar refractivity (Wildman–Crippen MR) is 298 cm³/mol. The van der Waals surface area contributed by atoms with Crippen LogP contribution < -0.4 is 19.6 Å². The van der Waals surface area contributed by atoms with Crippen molar-refractivity contribution in [1.29, 1.82) is 0 Å². The topological polar surface area (TPSA) is 13.0 Å². The lowest BCUT2D eigenvalue weighted by Crippen LogP contribution is -2.32. The van der Waals surface area contributed by atoms with Crippen LogP contribution in [0, 0.1) is 0 Å². The quantitative estimate of drug-likeness (QED) is 0.120. The van der Waals surface area contributed by atoms with Gasteiger partial charge in [0, 0.05) is 56.3 Å². The summed E-state index contributed by atoms with van der Waals surface area (Å²) in [5.41, 5.74) is 20.6. The summed E-state index contributed by atoms with van der Waals surface area (Å²) < 4.78 is 0. The fourth-order valence-electron chi connectivity index (χ4n) is 11.0. The van der Waals surface area contributed by atoms with E-state index in [0.29, 0.717) is 0 Å². The van der Waals surface area contributed by atoms with Crippen molar-refractivity contribution in [2.45, 2.75) is 51.4 Å². The molecule has 0 saturated heterocycles. The Kier molecular flexibility index (Phi) is 11.3. The van der Waals surface area contributed by atoms with Crippen molar-refractivity contribution in [3.8, 4) is 11.1 Å². The molecule has 0 spiro atoms. The molecule has 342 valence electrons. The highest BCUT2D eigenvalue weighted by Gasteiger charge is 2.39. The molecule has 2 heterocycles. The first kappa shape index (κ1) is 44.2. The normalized spacial score (nSPS) is 15.1. The minimum Gasteiger partial charge on any atom is -0.310 e. The van der Waals surface area contributed by atoms with E-state index in [9.17, 15) is 0 Å². The third-order valence-electron chi connectivity index (χ3n) is 14.5. The molecule has 0 saturated carbocycles. The fraction of sp³-hybridized carbons (Fsp3) is 0.121. The number of benzene rings is 8. The van der Waals surface area contributed by atoms with Gasteiger partial charge in [-0.05, 0) is 162 Å². The maximum absolute atomic E-state index is 4.19. The molecular formula is C66H58N4. The van der Waals surface area contributed by atoms with Crippen LogP contribution in [0.3, 0.4) is 0 Å². The molecule has 0 bridgehead atoms. The highest BCUT2D eigenvalue weighted by molar-refractivity contribution is 5.88. The second kappa shape index (κ2) is 18.0. The number of nitrogens with zero attached hydrogens (tertiary/aromatic N) is 4.